The minimum atomic E-state index is 0.909. The molecule has 2 aromatic rings. The Morgan fingerprint density at radius 1 is 0.800 bits per heavy atom. The molecule has 2 rings (SSSR count). The van der Waals surface area contributed by atoms with Crippen molar-refractivity contribution in [2.45, 2.75) is 34.2 Å². The molecule has 0 aliphatic carbocycles. The van der Waals surface area contributed by atoms with Crippen LogP contribution in [0.1, 0.15) is 44.6 Å². The Morgan fingerprint density at radius 2 is 1.30 bits per heavy atom. The molecule has 0 unspecified atom stereocenters. The Bertz CT molecular complexity index is 584. The molecule has 0 saturated heterocycles. The molecule has 104 valence electrons. The van der Waals surface area contributed by atoms with Crippen LogP contribution in [0.2, 0.25) is 0 Å². The molecule has 0 N–H and O–H groups in total. The molecule has 0 aliphatic heterocycles. The standard InChI is InChI=1S/C19H23N/c1-15(2)12-18-10-11-19(13-16(3)4)20(18)14-17-8-6-5-7-9-17/h5-13H,14H2,1-4H3. The molecule has 0 fully saturated rings. The first kappa shape index (κ1) is 14.4. The van der Waals surface area contributed by atoms with Gasteiger partial charge in [-0.15, -0.1) is 0 Å². The maximum Gasteiger partial charge on any atom is 0.0481 e. The number of nitrogens with zero attached hydrogens (tertiary/aromatic N) is 1. The van der Waals surface area contributed by atoms with E-state index in [-0.39, 0.29) is 0 Å². The highest BCUT2D eigenvalue weighted by molar-refractivity contribution is 5.57. The highest BCUT2D eigenvalue weighted by Crippen LogP contribution is 2.18. The van der Waals surface area contributed by atoms with Crippen molar-refractivity contribution in [3.63, 3.8) is 0 Å². The predicted molar refractivity (Wildman–Crippen MR) is 88.6 cm³/mol. The molecule has 0 atom stereocenters. The molecule has 0 saturated carbocycles. The van der Waals surface area contributed by atoms with Gasteiger partial charge in [0.15, 0.2) is 0 Å². The van der Waals surface area contributed by atoms with E-state index >= 15 is 0 Å². The normalized spacial score (nSPS) is 10.2. The summed E-state index contributed by atoms with van der Waals surface area (Å²) in [5.41, 5.74) is 6.50. The molecular formula is C19H23N. The Labute approximate surface area is 122 Å². The molecule has 0 amide bonds. The van der Waals surface area contributed by atoms with Crippen LogP contribution in [-0.4, -0.2) is 4.57 Å². The van der Waals surface area contributed by atoms with Crippen molar-refractivity contribution < 1.29 is 0 Å². The van der Waals surface area contributed by atoms with E-state index in [1.807, 2.05) is 0 Å². The van der Waals surface area contributed by atoms with Gasteiger partial charge in [0, 0.05) is 17.9 Å². The van der Waals surface area contributed by atoms with Gasteiger partial charge in [-0.3, -0.25) is 0 Å². The van der Waals surface area contributed by atoms with E-state index in [0.29, 0.717) is 0 Å². The summed E-state index contributed by atoms with van der Waals surface area (Å²) >= 11 is 0. The van der Waals surface area contributed by atoms with Crippen LogP contribution in [0.4, 0.5) is 0 Å². The van der Waals surface area contributed by atoms with Crippen molar-refractivity contribution in [3.8, 4) is 0 Å². The van der Waals surface area contributed by atoms with Gasteiger partial charge in [0.2, 0.25) is 0 Å². The molecular weight excluding hydrogens is 242 g/mol. The van der Waals surface area contributed by atoms with Crippen LogP contribution in [0, 0.1) is 0 Å². The SMILES string of the molecule is CC(C)=Cc1ccc(C=C(C)C)n1Cc1ccccc1. The molecule has 0 aliphatic rings. The summed E-state index contributed by atoms with van der Waals surface area (Å²) < 4.78 is 2.37. The van der Waals surface area contributed by atoms with Gasteiger partial charge in [0.1, 0.15) is 0 Å². The van der Waals surface area contributed by atoms with Gasteiger partial charge in [-0.05, 0) is 57.5 Å². The second-order valence-corrected chi connectivity index (χ2v) is 5.70. The second kappa shape index (κ2) is 6.42. The summed E-state index contributed by atoms with van der Waals surface area (Å²) in [4.78, 5) is 0. The fraction of sp³-hybridized carbons (Fsp3) is 0.263. The smallest absolute Gasteiger partial charge is 0.0481 e. The first-order valence-corrected chi connectivity index (χ1v) is 7.09. The number of aromatic nitrogens is 1. The second-order valence-electron chi connectivity index (χ2n) is 5.70. The Hall–Kier alpha value is -2.02. The van der Waals surface area contributed by atoms with Gasteiger partial charge < -0.3 is 4.57 Å². The third-order valence-electron chi connectivity index (χ3n) is 3.10. The summed E-state index contributed by atoms with van der Waals surface area (Å²) in [7, 11) is 0. The third kappa shape index (κ3) is 3.74. The van der Waals surface area contributed by atoms with Crippen LogP contribution in [0.15, 0.2) is 53.6 Å². The lowest BCUT2D eigenvalue weighted by molar-refractivity contribution is 0.788. The van der Waals surface area contributed by atoms with Gasteiger partial charge >= 0.3 is 0 Å². The molecule has 1 nitrogen and oxygen atoms in total. The van der Waals surface area contributed by atoms with E-state index in [2.05, 4.69) is 86.9 Å². The monoisotopic (exact) mass is 265 g/mol. The van der Waals surface area contributed by atoms with E-state index in [4.69, 9.17) is 0 Å². The fourth-order valence-corrected chi connectivity index (χ4v) is 2.29. The summed E-state index contributed by atoms with van der Waals surface area (Å²) in [6.07, 6.45) is 4.48. The van der Waals surface area contributed by atoms with E-state index in [1.54, 1.807) is 0 Å². The van der Waals surface area contributed by atoms with E-state index in [0.717, 1.165) is 6.54 Å². The van der Waals surface area contributed by atoms with Crippen molar-refractivity contribution in [1.29, 1.82) is 0 Å². The van der Waals surface area contributed by atoms with Gasteiger partial charge in [0.05, 0.1) is 0 Å². The van der Waals surface area contributed by atoms with Crippen LogP contribution in [0.3, 0.4) is 0 Å². The zero-order chi connectivity index (χ0) is 14.5. The van der Waals surface area contributed by atoms with E-state index < -0.39 is 0 Å². The Balaban J connectivity index is 2.44. The zero-order valence-electron chi connectivity index (χ0n) is 12.9. The van der Waals surface area contributed by atoms with E-state index in [1.165, 1.54) is 28.1 Å². The number of hydrogen-bond donors (Lipinski definition) is 0. The summed E-state index contributed by atoms with van der Waals surface area (Å²) in [6.45, 7) is 9.47. The van der Waals surface area contributed by atoms with Crippen LogP contribution >= 0.6 is 0 Å². The quantitative estimate of drug-likeness (QED) is 0.699. The van der Waals surface area contributed by atoms with Gasteiger partial charge in [0.25, 0.3) is 0 Å². The minimum Gasteiger partial charge on any atom is -0.337 e. The molecule has 1 heteroatoms. The average Bonchev–Trinajstić information content (AvgIpc) is 2.72. The predicted octanol–water partition coefficient (Wildman–Crippen LogP) is 5.38. The summed E-state index contributed by atoms with van der Waals surface area (Å²) in [6, 6.07) is 15.0. The Kier molecular flexibility index (Phi) is 4.62. The number of allylic oxidation sites excluding steroid dienone is 2. The van der Waals surface area contributed by atoms with Crippen molar-refractivity contribution in [2.24, 2.45) is 0 Å². The van der Waals surface area contributed by atoms with Crippen LogP contribution in [-0.2, 0) is 6.54 Å². The lowest BCUT2D eigenvalue weighted by Crippen LogP contribution is -2.04. The van der Waals surface area contributed by atoms with Crippen LogP contribution in [0.25, 0.3) is 12.2 Å². The lowest BCUT2D eigenvalue weighted by Gasteiger charge is -2.11. The minimum absolute atomic E-state index is 0.909. The molecule has 1 aromatic heterocycles. The molecule has 20 heavy (non-hydrogen) atoms. The van der Waals surface area contributed by atoms with Crippen molar-refractivity contribution in [1.82, 2.24) is 4.57 Å². The summed E-state index contributed by atoms with van der Waals surface area (Å²) in [5, 5.41) is 0. The van der Waals surface area contributed by atoms with Gasteiger partial charge in [-0.2, -0.15) is 0 Å². The highest BCUT2D eigenvalue weighted by atomic mass is 15.0. The van der Waals surface area contributed by atoms with Gasteiger partial charge in [-0.25, -0.2) is 0 Å². The number of benzene rings is 1. The Morgan fingerprint density at radius 3 is 1.75 bits per heavy atom. The van der Waals surface area contributed by atoms with Crippen LogP contribution in [0.5, 0.6) is 0 Å². The summed E-state index contributed by atoms with van der Waals surface area (Å²) in [5.74, 6) is 0. The third-order valence-corrected chi connectivity index (χ3v) is 3.10. The van der Waals surface area contributed by atoms with Crippen LogP contribution < -0.4 is 0 Å². The molecule has 0 bridgehead atoms. The van der Waals surface area contributed by atoms with Crippen molar-refractivity contribution in [2.75, 3.05) is 0 Å². The largest absolute Gasteiger partial charge is 0.337 e. The lowest BCUT2D eigenvalue weighted by atomic mass is 10.2. The van der Waals surface area contributed by atoms with Gasteiger partial charge in [-0.1, -0.05) is 41.5 Å². The topological polar surface area (TPSA) is 4.93 Å². The first-order chi connectivity index (χ1) is 9.56. The maximum absolute atomic E-state index is 2.37. The fourth-order valence-electron chi connectivity index (χ4n) is 2.29. The zero-order valence-corrected chi connectivity index (χ0v) is 12.9. The molecule has 1 heterocycles. The molecule has 1 aromatic carbocycles. The van der Waals surface area contributed by atoms with Crippen molar-refractivity contribution in [3.05, 3.63) is 70.6 Å². The maximum atomic E-state index is 2.37. The number of hydrogen-bond acceptors (Lipinski definition) is 0. The molecule has 0 radical (unpaired) electrons. The number of rotatable bonds is 4. The highest BCUT2D eigenvalue weighted by Gasteiger charge is 2.05. The van der Waals surface area contributed by atoms with E-state index in [9.17, 15) is 0 Å². The average molecular weight is 265 g/mol. The van der Waals surface area contributed by atoms with Crippen molar-refractivity contribution >= 4 is 12.2 Å². The first-order valence-electron chi connectivity index (χ1n) is 7.09. The molecule has 0 spiro atoms.